The minimum absolute atomic E-state index is 0.621. The lowest BCUT2D eigenvalue weighted by molar-refractivity contribution is 0.669. The summed E-state index contributed by atoms with van der Waals surface area (Å²) in [5.41, 5.74) is 12.5. The van der Waals surface area contributed by atoms with Crippen LogP contribution in [0, 0.1) is 11.3 Å². The summed E-state index contributed by atoms with van der Waals surface area (Å²) in [6.45, 7) is 0. The molecular weight excluding hydrogens is 753 g/mol. The van der Waals surface area contributed by atoms with Crippen molar-refractivity contribution in [3.8, 4) is 39.4 Å². The van der Waals surface area contributed by atoms with E-state index < -0.39 is 0 Å². The quantitative estimate of drug-likeness (QED) is 0.158. The second-order valence-corrected chi connectivity index (χ2v) is 15.9. The molecule has 11 aromatic carbocycles. The van der Waals surface area contributed by atoms with Gasteiger partial charge < -0.3 is 9.32 Å². The summed E-state index contributed by atoms with van der Waals surface area (Å²) in [6.07, 6.45) is 0. The van der Waals surface area contributed by atoms with Crippen LogP contribution in [0.1, 0.15) is 5.56 Å². The molecule has 0 amide bonds. The van der Waals surface area contributed by atoms with E-state index in [1.807, 2.05) is 42.5 Å². The molecule has 0 spiro atoms. The number of hydrogen-bond acceptors (Lipinski definition) is 3. The Balaban J connectivity index is 1.06. The molecule has 12 rings (SSSR count). The molecule has 0 unspecified atom stereocenters. The summed E-state index contributed by atoms with van der Waals surface area (Å²) in [7, 11) is 0. The minimum Gasteiger partial charge on any atom is -0.456 e. The Kier molecular flexibility index (Phi) is 8.23. The van der Waals surface area contributed by atoms with Gasteiger partial charge in [-0.3, -0.25) is 0 Å². The van der Waals surface area contributed by atoms with E-state index >= 15 is 0 Å². The molecule has 3 nitrogen and oxygen atoms in total. The van der Waals surface area contributed by atoms with Crippen LogP contribution < -0.4 is 4.90 Å². The predicted molar refractivity (Wildman–Crippen MR) is 259 cm³/mol. The van der Waals surface area contributed by atoms with E-state index in [-0.39, 0.29) is 0 Å². The Morgan fingerprint density at radius 2 is 0.823 bits per heavy atom. The fourth-order valence-corrected chi connectivity index (χ4v) is 9.61. The van der Waals surface area contributed by atoms with Crippen LogP contribution >= 0.6 is 0 Å². The number of nitrogens with zero attached hydrogens (tertiary/aromatic N) is 2. The summed E-state index contributed by atoms with van der Waals surface area (Å²) < 4.78 is 6.20. The molecule has 12 aromatic rings. The van der Waals surface area contributed by atoms with Gasteiger partial charge in [0.25, 0.3) is 0 Å². The van der Waals surface area contributed by atoms with E-state index in [1.165, 1.54) is 65.3 Å². The largest absolute Gasteiger partial charge is 0.456 e. The number of para-hydroxylation sites is 1. The van der Waals surface area contributed by atoms with Gasteiger partial charge in [0.05, 0.1) is 11.6 Å². The van der Waals surface area contributed by atoms with Gasteiger partial charge in [-0.25, -0.2) is 0 Å². The number of rotatable bonds is 6. The highest BCUT2D eigenvalue weighted by molar-refractivity contribution is 6.25. The van der Waals surface area contributed by atoms with Crippen LogP contribution in [0.4, 0.5) is 17.1 Å². The van der Waals surface area contributed by atoms with Crippen molar-refractivity contribution < 1.29 is 4.42 Å². The molecule has 0 N–H and O–H groups in total. The number of nitriles is 1. The van der Waals surface area contributed by atoms with Crippen LogP contribution in [0.5, 0.6) is 0 Å². The van der Waals surface area contributed by atoms with E-state index in [1.54, 1.807) is 0 Å². The van der Waals surface area contributed by atoms with Gasteiger partial charge in [0.2, 0.25) is 0 Å². The fraction of sp³-hybridized carbons (Fsp3) is 0. The van der Waals surface area contributed by atoms with E-state index in [9.17, 15) is 5.26 Å². The molecular formula is C59H36N2O. The second-order valence-electron chi connectivity index (χ2n) is 15.9. The third-order valence-electron chi connectivity index (χ3n) is 12.5. The molecule has 62 heavy (non-hydrogen) atoms. The van der Waals surface area contributed by atoms with Gasteiger partial charge in [-0.1, -0.05) is 152 Å². The van der Waals surface area contributed by atoms with E-state index in [4.69, 9.17) is 4.42 Å². The maximum atomic E-state index is 9.62. The standard InChI is InChI=1S/C59H36N2O/c60-37-38-23-28-43(29-24-38)61(45-32-34-57-54(36-45)48-17-7-8-22-56(48)62-57)44-30-25-39(26-31-44)42-27-33-53-55(35-42)59(50-21-10-14-41-12-2-4-16-47(41)50)52-19-6-5-18-51(52)58(53)49-20-9-13-40-11-1-3-15-46(40)49/h1-36H. The summed E-state index contributed by atoms with van der Waals surface area (Å²) in [4.78, 5) is 2.24. The lowest BCUT2D eigenvalue weighted by Gasteiger charge is -2.26. The van der Waals surface area contributed by atoms with Gasteiger partial charge in [-0.15, -0.1) is 0 Å². The monoisotopic (exact) mass is 788 g/mol. The molecule has 0 aliphatic carbocycles. The summed E-state index contributed by atoms with van der Waals surface area (Å²) in [6, 6.07) is 80.1. The van der Waals surface area contributed by atoms with Crippen molar-refractivity contribution in [3.63, 3.8) is 0 Å². The lowest BCUT2D eigenvalue weighted by atomic mass is 9.83. The van der Waals surface area contributed by atoms with Gasteiger partial charge in [-0.05, 0) is 143 Å². The van der Waals surface area contributed by atoms with Crippen molar-refractivity contribution in [1.29, 1.82) is 5.26 Å². The first-order valence-corrected chi connectivity index (χ1v) is 21.0. The van der Waals surface area contributed by atoms with Crippen molar-refractivity contribution in [2.45, 2.75) is 0 Å². The first-order valence-electron chi connectivity index (χ1n) is 21.0. The van der Waals surface area contributed by atoms with E-state index in [0.717, 1.165) is 50.1 Å². The van der Waals surface area contributed by atoms with Crippen LogP contribution in [0.25, 0.3) is 98.4 Å². The summed E-state index contributed by atoms with van der Waals surface area (Å²) >= 11 is 0. The van der Waals surface area contributed by atoms with Gasteiger partial charge in [0.15, 0.2) is 0 Å². The van der Waals surface area contributed by atoms with Crippen molar-refractivity contribution >= 4 is 82.1 Å². The Hall–Kier alpha value is -8.45. The molecule has 0 fully saturated rings. The van der Waals surface area contributed by atoms with Gasteiger partial charge in [-0.2, -0.15) is 5.26 Å². The number of benzene rings is 11. The van der Waals surface area contributed by atoms with Crippen molar-refractivity contribution in [2.24, 2.45) is 0 Å². The van der Waals surface area contributed by atoms with Gasteiger partial charge in [0.1, 0.15) is 11.2 Å². The lowest BCUT2D eigenvalue weighted by Crippen LogP contribution is -2.09. The molecule has 1 aromatic heterocycles. The zero-order valence-corrected chi connectivity index (χ0v) is 33.6. The average Bonchev–Trinajstić information content (AvgIpc) is 3.71. The molecule has 0 saturated heterocycles. The van der Waals surface area contributed by atoms with E-state index in [2.05, 4.69) is 187 Å². The normalized spacial score (nSPS) is 11.5. The Bertz CT molecular complexity index is 3750. The zero-order valence-electron chi connectivity index (χ0n) is 33.6. The van der Waals surface area contributed by atoms with Crippen molar-refractivity contribution in [2.75, 3.05) is 4.90 Å². The Labute approximate surface area is 358 Å². The fourth-order valence-electron chi connectivity index (χ4n) is 9.61. The third kappa shape index (κ3) is 5.74. The maximum absolute atomic E-state index is 9.62. The highest BCUT2D eigenvalue weighted by Crippen LogP contribution is 2.48. The SMILES string of the molecule is N#Cc1ccc(N(c2ccc(-c3ccc4c(-c5cccc6ccccc56)c5ccccc5c(-c5cccc6ccccc56)c4c3)cc2)c2ccc3oc4ccccc4c3c2)cc1. The first-order chi connectivity index (χ1) is 30.7. The second kappa shape index (κ2) is 14.4. The summed E-state index contributed by atoms with van der Waals surface area (Å²) in [5, 5.41) is 21.6. The molecule has 3 heteroatoms. The highest BCUT2D eigenvalue weighted by atomic mass is 16.3. The first kappa shape index (κ1) is 35.5. The molecule has 0 saturated carbocycles. The predicted octanol–water partition coefficient (Wildman–Crippen LogP) is 16.5. The number of furan rings is 1. The third-order valence-corrected chi connectivity index (χ3v) is 12.5. The molecule has 0 aliphatic rings. The van der Waals surface area contributed by atoms with Crippen molar-refractivity contribution in [1.82, 2.24) is 0 Å². The zero-order chi connectivity index (χ0) is 41.1. The summed E-state index contributed by atoms with van der Waals surface area (Å²) in [5.74, 6) is 0. The van der Waals surface area contributed by atoms with Crippen LogP contribution in [0.3, 0.4) is 0 Å². The molecule has 0 atom stereocenters. The molecule has 0 radical (unpaired) electrons. The Morgan fingerprint density at radius 3 is 1.47 bits per heavy atom. The molecule has 288 valence electrons. The average molecular weight is 789 g/mol. The number of fused-ring (bicyclic) bond motifs is 7. The van der Waals surface area contributed by atoms with Gasteiger partial charge >= 0.3 is 0 Å². The minimum atomic E-state index is 0.621. The number of anilines is 3. The van der Waals surface area contributed by atoms with Crippen LogP contribution in [0.2, 0.25) is 0 Å². The maximum Gasteiger partial charge on any atom is 0.135 e. The molecule has 0 bridgehead atoms. The molecule has 0 aliphatic heterocycles. The topological polar surface area (TPSA) is 40.2 Å². The smallest absolute Gasteiger partial charge is 0.135 e. The van der Waals surface area contributed by atoms with Gasteiger partial charge in [0, 0.05) is 27.8 Å². The van der Waals surface area contributed by atoms with Crippen LogP contribution in [-0.4, -0.2) is 0 Å². The van der Waals surface area contributed by atoms with Crippen LogP contribution in [-0.2, 0) is 0 Å². The molecule has 1 heterocycles. The van der Waals surface area contributed by atoms with Crippen molar-refractivity contribution in [3.05, 3.63) is 224 Å². The highest BCUT2D eigenvalue weighted by Gasteiger charge is 2.21. The van der Waals surface area contributed by atoms with Crippen LogP contribution in [0.15, 0.2) is 223 Å². The number of hydrogen-bond donors (Lipinski definition) is 0. The Morgan fingerprint density at radius 1 is 0.339 bits per heavy atom. The van der Waals surface area contributed by atoms with E-state index in [0.29, 0.717) is 5.56 Å².